The Morgan fingerprint density at radius 1 is 0.840 bits per heavy atom. The van der Waals surface area contributed by atoms with E-state index in [2.05, 4.69) is 43.8 Å². The number of hydrogen-bond donors (Lipinski definition) is 2. The second-order valence-electron chi connectivity index (χ2n) is 9.80. The second kappa shape index (κ2) is 9.87. The van der Waals surface area contributed by atoms with E-state index in [9.17, 15) is 9.59 Å². The number of carbonyl (C=O) groups is 2. The molecule has 5 nitrogen and oxygen atoms in total. The van der Waals surface area contributed by atoms with Crippen molar-refractivity contribution >= 4 is 28.4 Å². The lowest BCUT2D eigenvalue weighted by molar-refractivity contribution is -0.140. The molecule has 25 heavy (non-hydrogen) atoms. The summed E-state index contributed by atoms with van der Waals surface area (Å²) in [5.74, 6) is 0.317. The maximum atomic E-state index is 12.9. The average Bonchev–Trinajstić information content (AvgIpc) is 2.31. The van der Waals surface area contributed by atoms with Crippen molar-refractivity contribution in [1.29, 1.82) is 0 Å². The van der Waals surface area contributed by atoms with Gasteiger partial charge in [-0.2, -0.15) is 0 Å². The Hall–Kier alpha value is -0.666. The summed E-state index contributed by atoms with van der Waals surface area (Å²) in [7, 11) is -3.60. The van der Waals surface area contributed by atoms with Gasteiger partial charge in [0.15, 0.2) is 0 Å². The zero-order chi connectivity index (χ0) is 20.0. The predicted molar refractivity (Wildman–Crippen MR) is 111 cm³/mol. The topological polar surface area (TPSA) is 67.4 Å². The molecule has 148 valence electrons. The molecule has 0 aliphatic rings. The maximum absolute atomic E-state index is 12.9. The molecule has 7 heteroatoms. The lowest BCUT2D eigenvalue weighted by Gasteiger charge is -2.30. The minimum atomic E-state index is -1.99. The summed E-state index contributed by atoms with van der Waals surface area (Å²) in [5, 5.41) is 2.97. The molecule has 0 aromatic heterocycles. The van der Waals surface area contributed by atoms with Crippen molar-refractivity contribution in [2.75, 3.05) is 0 Å². The first kappa shape index (κ1) is 24.3. The highest BCUT2D eigenvalue weighted by Crippen LogP contribution is 2.13. The van der Waals surface area contributed by atoms with E-state index in [1.807, 2.05) is 33.5 Å². The average molecular weight is 389 g/mol. The molecule has 0 aliphatic carbocycles. The molecule has 0 radical (unpaired) electrons. The van der Waals surface area contributed by atoms with Crippen molar-refractivity contribution in [1.82, 2.24) is 10.3 Å². The van der Waals surface area contributed by atoms with Crippen LogP contribution in [0.25, 0.3) is 0 Å². The highest BCUT2D eigenvalue weighted by atomic mass is 28.4. The molecular weight excluding hydrogens is 348 g/mol. The van der Waals surface area contributed by atoms with E-state index in [0.29, 0.717) is 18.3 Å². The van der Waals surface area contributed by atoms with E-state index >= 15 is 0 Å². The van der Waals surface area contributed by atoms with Crippen LogP contribution in [0.4, 0.5) is 0 Å². The van der Waals surface area contributed by atoms with Crippen LogP contribution in [0.2, 0.25) is 39.3 Å². The van der Waals surface area contributed by atoms with E-state index in [1.165, 1.54) is 0 Å². The van der Waals surface area contributed by atoms with Crippen molar-refractivity contribution < 1.29 is 14.0 Å². The molecule has 0 saturated heterocycles. The normalized spacial score (nSPS) is 15.2. The molecule has 0 unspecified atom stereocenters. The van der Waals surface area contributed by atoms with Gasteiger partial charge < -0.3 is 14.7 Å². The van der Waals surface area contributed by atoms with Gasteiger partial charge in [-0.3, -0.25) is 9.59 Å². The van der Waals surface area contributed by atoms with Crippen LogP contribution in [0.1, 0.15) is 40.5 Å². The van der Waals surface area contributed by atoms with E-state index in [-0.39, 0.29) is 17.9 Å². The van der Waals surface area contributed by atoms with Gasteiger partial charge in [-0.25, -0.2) is 0 Å². The fraction of sp³-hybridized carbons (Fsp3) is 0.889. The quantitative estimate of drug-likeness (QED) is 0.560. The summed E-state index contributed by atoms with van der Waals surface area (Å²) in [5.41, 5.74) is 0. The molecule has 0 rings (SSSR count). The van der Waals surface area contributed by atoms with Crippen molar-refractivity contribution in [3.05, 3.63) is 0 Å². The molecule has 1 amide bonds. The second-order valence-corrected chi connectivity index (χ2v) is 19.0. The molecule has 0 aromatic carbocycles. The van der Waals surface area contributed by atoms with Crippen molar-refractivity contribution in [2.24, 2.45) is 11.8 Å². The minimum absolute atomic E-state index is 0.0886. The maximum Gasteiger partial charge on any atom is 0.315 e. The Labute approximate surface area is 156 Å². The number of nitrogens with one attached hydrogen (secondary N) is 2. The van der Waals surface area contributed by atoms with E-state index < -0.39 is 22.6 Å². The molecule has 0 fully saturated rings. The summed E-state index contributed by atoms with van der Waals surface area (Å²) in [4.78, 5) is 28.9. The molecular formula is C18H40N2O3Si2. The fourth-order valence-corrected chi connectivity index (χ4v) is 4.60. The van der Waals surface area contributed by atoms with Gasteiger partial charge in [0.2, 0.25) is 14.2 Å². The van der Waals surface area contributed by atoms with Crippen molar-refractivity contribution in [3.8, 4) is 0 Å². The lowest BCUT2D eigenvalue weighted by Crippen LogP contribution is -2.57. The van der Waals surface area contributed by atoms with Gasteiger partial charge in [-0.05, 0) is 44.3 Å². The van der Waals surface area contributed by atoms with E-state index in [0.717, 1.165) is 6.42 Å². The molecule has 0 aliphatic heterocycles. The molecule has 2 N–H and O–H groups in total. The summed E-state index contributed by atoms with van der Waals surface area (Å²) < 4.78 is 5.64. The molecule has 0 spiro atoms. The highest BCUT2D eigenvalue weighted by Gasteiger charge is 2.32. The number of carbonyl (C=O) groups excluding carboxylic acids is 2. The van der Waals surface area contributed by atoms with Crippen LogP contribution in [0, 0.1) is 11.8 Å². The van der Waals surface area contributed by atoms with Gasteiger partial charge >= 0.3 is 5.97 Å². The Bertz CT molecular complexity index is 441. The van der Waals surface area contributed by atoms with Gasteiger partial charge in [0.25, 0.3) is 0 Å². The lowest BCUT2D eigenvalue weighted by atomic mass is 10.0. The van der Waals surface area contributed by atoms with Crippen LogP contribution >= 0.6 is 0 Å². The Morgan fingerprint density at radius 2 is 1.28 bits per heavy atom. The first-order chi connectivity index (χ1) is 11.1. The monoisotopic (exact) mass is 388 g/mol. The van der Waals surface area contributed by atoms with Crippen LogP contribution in [-0.2, 0) is 14.0 Å². The smallest absolute Gasteiger partial charge is 0.315 e. The summed E-state index contributed by atoms with van der Waals surface area (Å²) in [6.07, 6.45) is 1.35. The molecule has 0 aromatic rings. The summed E-state index contributed by atoms with van der Waals surface area (Å²) in [6, 6.07) is -0.835. The number of hydrogen-bond acceptors (Lipinski definition) is 4. The van der Waals surface area contributed by atoms with Gasteiger partial charge in [0.05, 0.1) is 6.04 Å². The van der Waals surface area contributed by atoms with Crippen LogP contribution in [-0.4, -0.2) is 40.5 Å². The summed E-state index contributed by atoms with van der Waals surface area (Å²) >= 11 is 0. The van der Waals surface area contributed by atoms with Gasteiger partial charge in [0, 0.05) is 0 Å². The van der Waals surface area contributed by atoms with Crippen LogP contribution in [0.15, 0.2) is 0 Å². The third kappa shape index (κ3) is 12.3. The van der Waals surface area contributed by atoms with Gasteiger partial charge in [-0.15, -0.1) is 0 Å². The Kier molecular flexibility index (Phi) is 9.61. The zero-order valence-corrected chi connectivity index (χ0v) is 19.9. The molecule has 0 saturated carbocycles. The summed E-state index contributed by atoms with van der Waals surface area (Å²) in [6.45, 7) is 20.8. The Morgan fingerprint density at radius 3 is 1.64 bits per heavy atom. The van der Waals surface area contributed by atoms with Crippen LogP contribution in [0.5, 0.6) is 0 Å². The van der Waals surface area contributed by atoms with Crippen molar-refractivity contribution in [2.45, 2.75) is 91.9 Å². The van der Waals surface area contributed by atoms with E-state index in [1.54, 1.807) is 0 Å². The molecule has 0 heterocycles. The number of amides is 1. The van der Waals surface area contributed by atoms with Crippen LogP contribution < -0.4 is 10.3 Å². The van der Waals surface area contributed by atoms with Crippen molar-refractivity contribution in [3.63, 3.8) is 0 Å². The highest BCUT2D eigenvalue weighted by molar-refractivity contribution is 6.73. The first-order valence-electron chi connectivity index (χ1n) is 9.41. The molecule has 0 bridgehead atoms. The Balaban J connectivity index is 5.20. The zero-order valence-electron chi connectivity index (χ0n) is 17.9. The fourth-order valence-electron chi connectivity index (χ4n) is 2.56. The van der Waals surface area contributed by atoms with Gasteiger partial charge in [0.1, 0.15) is 14.3 Å². The van der Waals surface area contributed by atoms with E-state index in [4.69, 9.17) is 4.43 Å². The predicted octanol–water partition coefficient (Wildman–Crippen LogP) is 3.73. The largest absolute Gasteiger partial charge is 0.518 e. The SMILES string of the molecule is CC(C)C[C@H](N[Si](C)(C)C)C(=O)N[C@@H](CC(C)C)C(=O)O[Si](C)(C)C. The minimum Gasteiger partial charge on any atom is -0.518 e. The van der Waals surface area contributed by atoms with Crippen LogP contribution in [0.3, 0.4) is 0 Å². The first-order valence-corrected chi connectivity index (χ1v) is 16.3. The third-order valence-corrected chi connectivity index (χ3v) is 5.37. The number of rotatable bonds is 10. The van der Waals surface area contributed by atoms with Gasteiger partial charge in [-0.1, -0.05) is 47.3 Å². The molecule has 2 atom stereocenters. The standard InChI is InChI=1S/C18H40N2O3Si2/c1-13(2)11-15(20-24(5,6)7)17(21)19-16(12-14(3)4)18(22)23-25(8,9)10/h13-16,20H,11-12H2,1-10H3,(H,19,21)/t15-,16-/m0/s1. The third-order valence-electron chi connectivity index (χ3n) is 3.35.